The fourth-order valence-electron chi connectivity index (χ4n) is 8.16. The summed E-state index contributed by atoms with van der Waals surface area (Å²) in [7, 11) is 0. The molecule has 0 aliphatic heterocycles. The number of fused-ring (bicyclic) bond motifs is 3. The Morgan fingerprint density at radius 2 is 1.68 bits per heavy atom. The predicted molar refractivity (Wildman–Crippen MR) is 148 cm³/mol. The number of alkyl halides is 6. The number of nitrogens with zero attached hydrogens (tertiary/aromatic N) is 2. The molecular weight excluding hydrogens is 584 g/mol. The predicted octanol–water partition coefficient (Wildman–Crippen LogP) is 7.96. The molecule has 0 radical (unpaired) electrons. The van der Waals surface area contributed by atoms with E-state index in [0.29, 0.717) is 48.6 Å². The molecule has 2 atom stereocenters. The number of rotatable bonds is 8. The smallest absolute Gasteiger partial charge is 0.417 e. The summed E-state index contributed by atoms with van der Waals surface area (Å²) in [6.07, 6.45) is 0.785. The Morgan fingerprint density at radius 3 is 2.23 bits per heavy atom. The number of ether oxygens (including phenoxy) is 1. The molecule has 3 aromatic rings. The SMILES string of the molecule is O=C(NC(c1cccc(-c2ccc(OC(F)F)cn2)c1)C12CCC(c3ccc(C(F)(F)F)cn3)(CC1)CC2F)C12CC(C1)C2. The second-order valence-electron chi connectivity index (χ2n) is 13.2. The first-order valence-electron chi connectivity index (χ1n) is 14.9. The lowest BCUT2D eigenvalue weighted by molar-refractivity contribution is -0.169. The zero-order chi connectivity index (χ0) is 30.9. The Balaban J connectivity index is 1.19. The Morgan fingerprint density at radius 1 is 0.932 bits per heavy atom. The van der Waals surface area contributed by atoms with Crippen molar-refractivity contribution < 1.29 is 35.9 Å². The minimum absolute atomic E-state index is 0.0598. The number of hydrogen-bond acceptors (Lipinski definition) is 4. The molecular formula is C33H31F6N3O2. The molecule has 1 amide bonds. The first-order valence-corrected chi connectivity index (χ1v) is 14.9. The average molecular weight is 616 g/mol. The van der Waals surface area contributed by atoms with Crippen LogP contribution in [0.15, 0.2) is 60.9 Å². The van der Waals surface area contributed by atoms with Crippen molar-refractivity contribution in [2.75, 3.05) is 0 Å². The molecule has 6 aliphatic carbocycles. The van der Waals surface area contributed by atoms with Gasteiger partial charge in [0, 0.05) is 33.7 Å². The van der Waals surface area contributed by atoms with Crippen molar-refractivity contribution in [3.05, 3.63) is 77.7 Å². The second kappa shape index (κ2) is 10.2. The molecule has 2 heterocycles. The minimum atomic E-state index is -4.50. The van der Waals surface area contributed by atoms with E-state index in [2.05, 4.69) is 20.0 Å². The quantitative estimate of drug-likeness (QED) is 0.261. The number of aromatic nitrogens is 2. The largest absolute Gasteiger partial charge is 0.433 e. The molecule has 2 aromatic heterocycles. The molecule has 44 heavy (non-hydrogen) atoms. The van der Waals surface area contributed by atoms with E-state index < -0.39 is 41.4 Å². The standard InChI is InChI=1S/C33H31F6N3O2/c34-25-16-30(26-7-4-22(17-41-26)33(37,38)39)8-10-32(25,11-9-30)27(42-28(43)31-13-19(14-31)15-31)21-3-1-2-20(12-21)24-6-5-23(18-40-24)44-29(35)36/h1-7,12,17-19,25,27,29H,8-11,13-16H2,(H,42,43). The van der Waals surface area contributed by atoms with Crippen molar-refractivity contribution in [2.45, 2.75) is 81.8 Å². The molecule has 11 heteroatoms. The number of amides is 1. The van der Waals surface area contributed by atoms with E-state index in [4.69, 9.17) is 0 Å². The minimum Gasteiger partial charge on any atom is -0.433 e. The molecule has 1 N–H and O–H groups in total. The van der Waals surface area contributed by atoms with Gasteiger partial charge in [-0.25, -0.2) is 4.39 Å². The average Bonchev–Trinajstić information content (AvgIpc) is 2.95. The highest BCUT2D eigenvalue weighted by molar-refractivity contribution is 5.86. The van der Waals surface area contributed by atoms with Gasteiger partial charge in [-0.05, 0) is 93.2 Å². The van der Waals surface area contributed by atoms with Crippen LogP contribution in [0.2, 0.25) is 0 Å². The number of carbonyl (C=O) groups is 1. The van der Waals surface area contributed by atoms with Gasteiger partial charge in [0.15, 0.2) is 0 Å². The van der Waals surface area contributed by atoms with Crippen LogP contribution in [-0.4, -0.2) is 28.7 Å². The highest BCUT2D eigenvalue weighted by Gasteiger charge is 2.64. The van der Waals surface area contributed by atoms with Crippen LogP contribution in [0.25, 0.3) is 11.3 Å². The Kier molecular flexibility index (Phi) is 6.75. The van der Waals surface area contributed by atoms with E-state index >= 15 is 4.39 Å². The van der Waals surface area contributed by atoms with E-state index in [1.54, 1.807) is 6.07 Å². The maximum Gasteiger partial charge on any atom is 0.417 e. The molecule has 0 saturated heterocycles. The highest BCUT2D eigenvalue weighted by Crippen LogP contribution is 2.66. The lowest BCUT2D eigenvalue weighted by Crippen LogP contribution is -2.63. The van der Waals surface area contributed by atoms with Crippen molar-refractivity contribution >= 4 is 5.91 Å². The summed E-state index contributed by atoms with van der Waals surface area (Å²) in [6.45, 7) is -2.97. The monoisotopic (exact) mass is 615 g/mol. The number of carbonyl (C=O) groups excluding carboxylic acids is 1. The molecule has 6 saturated carbocycles. The molecule has 4 bridgehead atoms. The van der Waals surface area contributed by atoms with Gasteiger partial charge in [0.2, 0.25) is 5.91 Å². The molecule has 5 nitrogen and oxygen atoms in total. The van der Waals surface area contributed by atoms with Gasteiger partial charge in [0.1, 0.15) is 11.9 Å². The number of benzene rings is 1. The molecule has 232 valence electrons. The maximum atomic E-state index is 16.6. The molecule has 2 unspecified atom stereocenters. The summed E-state index contributed by atoms with van der Waals surface area (Å²) in [5.41, 5.74) is -0.412. The van der Waals surface area contributed by atoms with Gasteiger partial charge in [-0.3, -0.25) is 14.8 Å². The number of hydrogen-bond donors (Lipinski definition) is 1. The Hall–Kier alpha value is -3.63. The van der Waals surface area contributed by atoms with Crippen LogP contribution in [0.1, 0.15) is 74.2 Å². The van der Waals surface area contributed by atoms with E-state index in [0.717, 1.165) is 37.1 Å². The van der Waals surface area contributed by atoms with Crippen molar-refractivity contribution in [3.63, 3.8) is 0 Å². The summed E-state index contributed by atoms with van der Waals surface area (Å²) in [6, 6.07) is 12.1. The van der Waals surface area contributed by atoms with Gasteiger partial charge in [-0.1, -0.05) is 18.2 Å². The number of pyridine rings is 2. The maximum absolute atomic E-state index is 16.6. The first-order chi connectivity index (χ1) is 20.9. The lowest BCUT2D eigenvalue weighted by atomic mass is 9.44. The number of nitrogens with one attached hydrogen (secondary N) is 1. The summed E-state index contributed by atoms with van der Waals surface area (Å²) in [5, 5.41) is 3.27. The fourth-order valence-corrected chi connectivity index (χ4v) is 8.16. The summed E-state index contributed by atoms with van der Waals surface area (Å²) < 4.78 is 85.7. The van der Waals surface area contributed by atoms with E-state index in [9.17, 15) is 26.7 Å². The Bertz CT molecular complexity index is 1530. The number of halogens is 6. The molecule has 6 aliphatic rings. The van der Waals surface area contributed by atoms with Crippen LogP contribution >= 0.6 is 0 Å². The van der Waals surface area contributed by atoms with Crippen LogP contribution in [0.3, 0.4) is 0 Å². The molecule has 0 spiro atoms. The van der Waals surface area contributed by atoms with Crippen molar-refractivity contribution in [2.24, 2.45) is 16.7 Å². The Labute approximate surface area is 250 Å². The van der Waals surface area contributed by atoms with Gasteiger partial charge in [-0.2, -0.15) is 22.0 Å². The van der Waals surface area contributed by atoms with E-state index in [1.165, 1.54) is 18.3 Å². The summed E-state index contributed by atoms with van der Waals surface area (Å²) in [5.74, 6) is 0.451. The van der Waals surface area contributed by atoms with E-state index in [1.807, 2.05) is 24.3 Å². The van der Waals surface area contributed by atoms with Gasteiger partial charge in [0.25, 0.3) is 0 Å². The van der Waals surface area contributed by atoms with Crippen molar-refractivity contribution in [3.8, 4) is 17.0 Å². The van der Waals surface area contributed by atoms with Gasteiger partial charge in [0.05, 0.1) is 23.5 Å². The highest BCUT2D eigenvalue weighted by atomic mass is 19.4. The van der Waals surface area contributed by atoms with Crippen LogP contribution in [0.4, 0.5) is 26.3 Å². The van der Waals surface area contributed by atoms with Crippen molar-refractivity contribution in [1.82, 2.24) is 15.3 Å². The topological polar surface area (TPSA) is 64.1 Å². The zero-order valence-corrected chi connectivity index (χ0v) is 23.7. The molecule has 1 aromatic carbocycles. The third-order valence-corrected chi connectivity index (χ3v) is 10.8. The summed E-state index contributed by atoms with van der Waals surface area (Å²) >= 11 is 0. The van der Waals surface area contributed by atoms with Crippen LogP contribution in [0, 0.1) is 16.7 Å². The normalized spacial score (nSPS) is 31.2. The third kappa shape index (κ3) is 4.74. The van der Waals surface area contributed by atoms with E-state index in [-0.39, 0.29) is 23.5 Å². The van der Waals surface area contributed by atoms with Crippen LogP contribution in [-0.2, 0) is 16.4 Å². The van der Waals surface area contributed by atoms with Gasteiger partial charge >= 0.3 is 12.8 Å². The van der Waals surface area contributed by atoms with Crippen LogP contribution < -0.4 is 10.1 Å². The lowest BCUT2D eigenvalue weighted by Gasteiger charge is -2.62. The first kappa shape index (κ1) is 29.1. The van der Waals surface area contributed by atoms with Crippen molar-refractivity contribution in [1.29, 1.82) is 0 Å². The van der Waals surface area contributed by atoms with Gasteiger partial charge < -0.3 is 10.1 Å². The fraction of sp³-hybridized carbons (Fsp3) is 0.485. The summed E-state index contributed by atoms with van der Waals surface area (Å²) in [4.78, 5) is 22.1. The van der Waals surface area contributed by atoms with Crippen LogP contribution in [0.5, 0.6) is 5.75 Å². The third-order valence-electron chi connectivity index (χ3n) is 10.8. The molecule has 6 fully saturated rings. The van der Waals surface area contributed by atoms with Gasteiger partial charge in [-0.15, -0.1) is 0 Å². The molecule has 9 rings (SSSR count). The second-order valence-corrected chi connectivity index (χ2v) is 13.2. The zero-order valence-electron chi connectivity index (χ0n) is 23.7.